The fourth-order valence-corrected chi connectivity index (χ4v) is 0.557. The minimum atomic E-state index is -2.36. The number of rotatable bonds is 4. The summed E-state index contributed by atoms with van der Waals surface area (Å²) in [7, 11) is 0. The van der Waals surface area contributed by atoms with Crippen LogP contribution in [0.25, 0.3) is 0 Å². The standard InChI is InChI=1S/C3H9NO4S/c5-2-3(6)1-4-9(7)8/h3-6H,1-2H2,(H,7,8)/p-1. The van der Waals surface area contributed by atoms with Crippen molar-refractivity contribution in [3.8, 4) is 0 Å². The van der Waals surface area contributed by atoms with E-state index in [4.69, 9.17) is 10.2 Å². The normalized spacial score (nSPS) is 17.2. The molecule has 9 heavy (non-hydrogen) atoms. The molecule has 56 valence electrons. The van der Waals surface area contributed by atoms with Gasteiger partial charge >= 0.3 is 0 Å². The Balaban J connectivity index is 3.16. The zero-order valence-electron chi connectivity index (χ0n) is 4.61. The summed E-state index contributed by atoms with van der Waals surface area (Å²) in [5.41, 5.74) is 0. The molecule has 0 aliphatic carbocycles. The SMILES string of the molecule is O=S([O-])NCC(O)CO. The number of aliphatic hydroxyl groups is 2. The molecule has 0 aromatic heterocycles. The van der Waals surface area contributed by atoms with Crippen LogP contribution in [0.2, 0.25) is 0 Å². The largest absolute Gasteiger partial charge is 0.760 e. The quantitative estimate of drug-likeness (QED) is 0.398. The van der Waals surface area contributed by atoms with Gasteiger partial charge in [0.25, 0.3) is 0 Å². The minimum absolute atomic E-state index is 0.146. The third-order valence-electron chi connectivity index (χ3n) is 0.648. The van der Waals surface area contributed by atoms with Crippen molar-refractivity contribution in [3.05, 3.63) is 0 Å². The molecule has 0 saturated heterocycles. The molecule has 0 aromatic rings. The molecule has 0 radical (unpaired) electrons. The van der Waals surface area contributed by atoms with E-state index in [0.29, 0.717) is 0 Å². The van der Waals surface area contributed by atoms with Gasteiger partial charge in [0.2, 0.25) is 0 Å². The summed E-state index contributed by atoms with van der Waals surface area (Å²) in [6.45, 7) is -0.586. The second kappa shape index (κ2) is 4.83. The highest BCUT2D eigenvalue weighted by molar-refractivity contribution is 7.77. The maximum atomic E-state index is 9.72. The summed E-state index contributed by atoms with van der Waals surface area (Å²) in [5.74, 6) is 0. The molecule has 0 bridgehead atoms. The summed E-state index contributed by atoms with van der Waals surface area (Å²) in [6.07, 6.45) is -1.01. The van der Waals surface area contributed by atoms with Crippen molar-refractivity contribution < 1.29 is 19.0 Å². The van der Waals surface area contributed by atoms with Gasteiger partial charge in [-0.3, -0.25) is 4.21 Å². The third kappa shape index (κ3) is 5.87. The first-order valence-corrected chi connectivity index (χ1v) is 3.36. The molecular formula is C3H8NO4S-. The summed E-state index contributed by atoms with van der Waals surface area (Å²) >= 11 is -2.36. The van der Waals surface area contributed by atoms with Crippen molar-refractivity contribution in [2.75, 3.05) is 13.2 Å². The van der Waals surface area contributed by atoms with E-state index in [9.17, 15) is 8.76 Å². The number of aliphatic hydroxyl groups excluding tert-OH is 2. The van der Waals surface area contributed by atoms with Crippen LogP contribution in [0.15, 0.2) is 0 Å². The average molecular weight is 154 g/mol. The molecule has 0 amide bonds. The van der Waals surface area contributed by atoms with Crippen molar-refractivity contribution in [2.24, 2.45) is 0 Å². The molecule has 5 nitrogen and oxygen atoms in total. The van der Waals surface area contributed by atoms with E-state index in [2.05, 4.69) is 0 Å². The average Bonchev–Trinajstić information content (AvgIpc) is 1.83. The second-order valence-corrected chi connectivity index (χ2v) is 2.18. The smallest absolute Gasteiger partial charge is 0.0904 e. The molecule has 0 rings (SSSR count). The number of nitrogens with one attached hydrogen (secondary N) is 1. The van der Waals surface area contributed by atoms with Crippen LogP contribution in [-0.2, 0) is 11.3 Å². The molecular weight excluding hydrogens is 146 g/mol. The summed E-state index contributed by atoms with van der Waals surface area (Å²) in [4.78, 5) is 0. The van der Waals surface area contributed by atoms with Crippen molar-refractivity contribution in [1.82, 2.24) is 4.72 Å². The molecule has 0 aromatic carbocycles. The van der Waals surface area contributed by atoms with E-state index >= 15 is 0 Å². The van der Waals surface area contributed by atoms with E-state index in [-0.39, 0.29) is 6.54 Å². The fraction of sp³-hybridized carbons (Fsp3) is 1.00. The monoisotopic (exact) mass is 154 g/mol. The van der Waals surface area contributed by atoms with E-state index in [1.165, 1.54) is 0 Å². The predicted octanol–water partition coefficient (Wildman–Crippen LogP) is -2.28. The van der Waals surface area contributed by atoms with Gasteiger partial charge in [-0.1, -0.05) is 0 Å². The Hall–Kier alpha value is -0.0100. The fourth-order valence-electron chi connectivity index (χ4n) is 0.229. The van der Waals surface area contributed by atoms with Crippen LogP contribution in [-0.4, -0.2) is 38.2 Å². The zero-order chi connectivity index (χ0) is 7.28. The first-order valence-electron chi connectivity index (χ1n) is 2.28. The van der Waals surface area contributed by atoms with Crippen LogP contribution >= 0.6 is 0 Å². The van der Waals surface area contributed by atoms with Gasteiger partial charge in [-0.2, -0.15) is 0 Å². The van der Waals surface area contributed by atoms with Gasteiger partial charge in [0.1, 0.15) is 0 Å². The maximum Gasteiger partial charge on any atom is 0.0904 e. The Labute approximate surface area is 55.1 Å². The molecule has 6 heteroatoms. The Morgan fingerprint density at radius 1 is 1.78 bits per heavy atom. The Kier molecular flexibility index (Phi) is 4.83. The van der Waals surface area contributed by atoms with Crippen LogP contribution < -0.4 is 4.72 Å². The Bertz CT molecular complexity index is 97.8. The number of hydrogen-bond donors (Lipinski definition) is 3. The Morgan fingerprint density at radius 3 is 2.67 bits per heavy atom. The maximum absolute atomic E-state index is 9.72. The lowest BCUT2D eigenvalue weighted by molar-refractivity contribution is 0.0987. The topological polar surface area (TPSA) is 92.6 Å². The summed E-state index contributed by atoms with van der Waals surface area (Å²) in [5, 5.41) is 16.7. The molecule has 3 N–H and O–H groups in total. The zero-order valence-corrected chi connectivity index (χ0v) is 5.43. The highest BCUT2D eigenvalue weighted by Gasteiger charge is 1.98. The summed E-state index contributed by atoms with van der Waals surface area (Å²) < 4.78 is 21.3. The molecule has 0 heterocycles. The number of hydrogen-bond acceptors (Lipinski definition) is 4. The summed E-state index contributed by atoms with van der Waals surface area (Å²) in [6, 6.07) is 0. The molecule has 0 fully saturated rings. The van der Waals surface area contributed by atoms with Crippen LogP contribution in [0.4, 0.5) is 0 Å². The van der Waals surface area contributed by atoms with Crippen LogP contribution in [0.1, 0.15) is 0 Å². The van der Waals surface area contributed by atoms with Crippen molar-refractivity contribution in [3.63, 3.8) is 0 Å². The first-order chi connectivity index (χ1) is 4.16. The molecule has 0 spiro atoms. The minimum Gasteiger partial charge on any atom is -0.760 e. The van der Waals surface area contributed by atoms with Crippen molar-refractivity contribution in [2.45, 2.75) is 6.10 Å². The Morgan fingerprint density at radius 2 is 2.33 bits per heavy atom. The molecule has 0 aliphatic heterocycles. The van der Waals surface area contributed by atoms with Crippen molar-refractivity contribution in [1.29, 1.82) is 0 Å². The second-order valence-electron chi connectivity index (χ2n) is 1.42. The highest BCUT2D eigenvalue weighted by Crippen LogP contribution is 1.75. The predicted molar refractivity (Wildman–Crippen MR) is 30.0 cm³/mol. The van der Waals surface area contributed by atoms with Gasteiger partial charge in [0, 0.05) is 17.8 Å². The molecule has 2 atom stereocenters. The highest BCUT2D eigenvalue weighted by atomic mass is 32.2. The molecule has 2 unspecified atom stereocenters. The molecule has 0 aliphatic rings. The van der Waals surface area contributed by atoms with Crippen LogP contribution in [0.3, 0.4) is 0 Å². The lowest BCUT2D eigenvalue weighted by atomic mass is 10.4. The third-order valence-corrected chi connectivity index (χ3v) is 1.05. The van der Waals surface area contributed by atoms with Crippen LogP contribution in [0, 0.1) is 0 Å². The lowest BCUT2D eigenvalue weighted by Crippen LogP contribution is -2.30. The van der Waals surface area contributed by atoms with Gasteiger partial charge in [-0.25, -0.2) is 4.72 Å². The van der Waals surface area contributed by atoms with Gasteiger partial charge < -0.3 is 14.8 Å². The van der Waals surface area contributed by atoms with Gasteiger partial charge in [0.05, 0.1) is 12.7 Å². The van der Waals surface area contributed by atoms with Gasteiger partial charge in [-0.05, 0) is 0 Å². The van der Waals surface area contributed by atoms with Gasteiger partial charge in [-0.15, -0.1) is 0 Å². The van der Waals surface area contributed by atoms with E-state index < -0.39 is 24.0 Å². The van der Waals surface area contributed by atoms with Crippen LogP contribution in [0.5, 0.6) is 0 Å². The lowest BCUT2D eigenvalue weighted by Gasteiger charge is -2.09. The van der Waals surface area contributed by atoms with E-state index in [0.717, 1.165) is 0 Å². The molecule has 0 saturated carbocycles. The van der Waals surface area contributed by atoms with Crippen molar-refractivity contribution >= 4 is 11.3 Å². The first kappa shape index (κ1) is 8.99. The van der Waals surface area contributed by atoms with E-state index in [1.54, 1.807) is 0 Å². The van der Waals surface area contributed by atoms with E-state index in [1.807, 2.05) is 4.72 Å². The van der Waals surface area contributed by atoms with Gasteiger partial charge in [0.15, 0.2) is 0 Å².